The summed E-state index contributed by atoms with van der Waals surface area (Å²) in [5.41, 5.74) is 9.10. The molecule has 258 valence electrons. The lowest BCUT2D eigenvalue weighted by atomic mass is 9.86. The molecule has 4 aromatic rings. The minimum Gasteiger partial charge on any atom is -0.329 e. The Labute approximate surface area is 295 Å². The standard InChI is InChI=1S/C44H57N5/c1-9-47(32-41-45-29-13-12-16-34(2)48(41)30-14-17-35-21-25-37(26-22-35)43(3,4)5)33-42-46-39-19-10-11-20-40(39)49(42)31-15-18-36-23-27-38(28-24-36)44(6,7)8/h10-13,16,19-29H,2,9,14-15,17-18,30-33H2,1,3-8H3/b16-12-,29-13-,45-41?. The van der Waals surface area contributed by atoms with Crippen LogP contribution in [0.5, 0.6) is 0 Å². The lowest BCUT2D eigenvalue weighted by Gasteiger charge is -2.31. The molecule has 0 spiro atoms. The summed E-state index contributed by atoms with van der Waals surface area (Å²) in [6.45, 7) is 24.4. The summed E-state index contributed by atoms with van der Waals surface area (Å²) in [5.74, 6) is 2.13. The van der Waals surface area contributed by atoms with Gasteiger partial charge in [0.05, 0.1) is 24.1 Å². The molecule has 0 fully saturated rings. The van der Waals surface area contributed by atoms with Crippen LogP contribution in [0.4, 0.5) is 0 Å². The molecule has 0 radical (unpaired) electrons. The van der Waals surface area contributed by atoms with Crippen LogP contribution in [-0.2, 0) is 36.8 Å². The maximum atomic E-state index is 5.15. The van der Waals surface area contributed by atoms with E-state index in [1.807, 2.05) is 18.4 Å². The minimum absolute atomic E-state index is 0.167. The van der Waals surface area contributed by atoms with E-state index in [1.165, 1.54) is 27.8 Å². The van der Waals surface area contributed by atoms with Crippen LogP contribution < -0.4 is 0 Å². The van der Waals surface area contributed by atoms with Gasteiger partial charge in [0.1, 0.15) is 11.7 Å². The number of likely N-dealkylation sites (N-methyl/N-ethyl adjacent to an activating group) is 1. The number of aliphatic imine (C=N–C) groups is 1. The van der Waals surface area contributed by atoms with E-state index in [2.05, 4.69) is 148 Å². The van der Waals surface area contributed by atoms with Crippen LogP contribution in [0.15, 0.2) is 114 Å². The molecule has 0 atom stereocenters. The van der Waals surface area contributed by atoms with Crippen LogP contribution in [0.3, 0.4) is 0 Å². The topological polar surface area (TPSA) is 36.7 Å². The minimum atomic E-state index is 0.167. The molecular weight excluding hydrogens is 599 g/mol. The van der Waals surface area contributed by atoms with Gasteiger partial charge in [0.2, 0.25) is 0 Å². The molecule has 5 heteroatoms. The van der Waals surface area contributed by atoms with Gasteiger partial charge < -0.3 is 9.47 Å². The fourth-order valence-corrected chi connectivity index (χ4v) is 6.47. The molecule has 0 amide bonds. The number of nitrogens with zero attached hydrogens (tertiary/aromatic N) is 5. The first-order chi connectivity index (χ1) is 23.4. The van der Waals surface area contributed by atoms with Crippen molar-refractivity contribution in [2.24, 2.45) is 4.99 Å². The number of para-hydroxylation sites is 2. The van der Waals surface area contributed by atoms with Crippen molar-refractivity contribution in [3.05, 3.63) is 138 Å². The molecule has 0 saturated heterocycles. The second kappa shape index (κ2) is 16.0. The Balaban J connectivity index is 1.27. The first kappa shape index (κ1) is 36.1. The van der Waals surface area contributed by atoms with E-state index < -0.39 is 0 Å². The second-order valence-electron chi connectivity index (χ2n) is 15.5. The highest BCUT2D eigenvalue weighted by Crippen LogP contribution is 2.25. The number of amidine groups is 1. The number of benzene rings is 3. The Hall–Kier alpha value is -4.22. The summed E-state index contributed by atoms with van der Waals surface area (Å²) in [4.78, 5) is 14.9. The summed E-state index contributed by atoms with van der Waals surface area (Å²) in [5, 5.41) is 0. The number of imidazole rings is 1. The van der Waals surface area contributed by atoms with Gasteiger partial charge in [-0.2, -0.15) is 0 Å². The maximum absolute atomic E-state index is 5.15. The zero-order valence-corrected chi connectivity index (χ0v) is 31.0. The molecule has 0 N–H and O–H groups in total. The van der Waals surface area contributed by atoms with Gasteiger partial charge in [-0.1, -0.05) is 122 Å². The molecule has 5 nitrogen and oxygen atoms in total. The number of hydrogen-bond acceptors (Lipinski definition) is 4. The van der Waals surface area contributed by atoms with E-state index in [0.717, 1.165) is 81.3 Å². The monoisotopic (exact) mass is 655 g/mol. The highest BCUT2D eigenvalue weighted by molar-refractivity contribution is 5.87. The molecule has 1 aliphatic heterocycles. The Morgan fingerprint density at radius 2 is 1.31 bits per heavy atom. The summed E-state index contributed by atoms with van der Waals surface area (Å²) < 4.78 is 2.44. The lowest BCUT2D eigenvalue weighted by Crippen LogP contribution is -2.40. The quantitative estimate of drug-likeness (QED) is 0.144. The van der Waals surface area contributed by atoms with Gasteiger partial charge in [0.15, 0.2) is 0 Å². The number of allylic oxidation sites excluding steroid dienone is 3. The Morgan fingerprint density at radius 3 is 1.90 bits per heavy atom. The van der Waals surface area contributed by atoms with Crippen molar-refractivity contribution in [1.29, 1.82) is 0 Å². The SMILES string of the molecule is C=C1/C=C\C=C/N=C(CN(CC)Cc2nc3ccccc3n2CCCc2ccc(C(C)(C)C)cc2)N1CCCc1ccc(C(C)(C)C)cc1. The maximum Gasteiger partial charge on any atom is 0.124 e. The molecule has 49 heavy (non-hydrogen) atoms. The molecule has 0 aliphatic carbocycles. The van der Waals surface area contributed by atoms with Crippen LogP contribution in [0.1, 0.15) is 89.4 Å². The van der Waals surface area contributed by atoms with Crippen molar-refractivity contribution in [3.8, 4) is 0 Å². The van der Waals surface area contributed by atoms with Crippen LogP contribution in [0, 0.1) is 0 Å². The third kappa shape index (κ3) is 9.70. The Kier molecular flexibility index (Phi) is 11.8. The zero-order chi connectivity index (χ0) is 35.0. The van der Waals surface area contributed by atoms with Crippen LogP contribution >= 0.6 is 0 Å². The molecule has 1 aromatic heterocycles. The number of aromatic nitrogens is 2. The zero-order valence-electron chi connectivity index (χ0n) is 31.0. The first-order valence-corrected chi connectivity index (χ1v) is 18.1. The van der Waals surface area contributed by atoms with E-state index in [0.29, 0.717) is 0 Å². The third-order valence-corrected chi connectivity index (χ3v) is 9.61. The van der Waals surface area contributed by atoms with Crippen molar-refractivity contribution in [3.63, 3.8) is 0 Å². The number of fused-ring (bicyclic) bond motifs is 1. The van der Waals surface area contributed by atoms with E-state index in [9.17, 15) is 0 Å². The van der Waals surface area contributed by atoms with Crippen molar-refractivity contribution in [2.45, 2.75) is 98.1 Å². The second-order valence-corrected chi connectivity index (χ2v) is 15.5. The van der Waals surface area contributed by atoms with Crippen molar-refractivity contribution >= 4 is 16.9 Å². The normalized spacial score (nSPS) is 15.4. The Bertz CT molecular complexity index is 1770. The fraction of sp³-hybridized carbons (Fsp3) is 0.409. The average Bonchev–Trinajstić information content (AvgIpc) is 3.41. The molecular formula is C44H57N5. The smallest absolute Gasteiger partial charge is 0.124 e. The molecule has 0 unspecified atom stereocenters. The van der Waals surface area contributed by atoms with Gasteiger partial charge in [-0.15, -0.1) is 0 Å². The molecule has 2 heterocycles. The summed E-state index contributed by atoms with van der Waals surface area (Å²) in [6, 6.07) is 26.9. The van der Waals surface area contributed by atoms with Crippen LogP contribution in [-0.4, -0.2) is 44.8 Å². The summed E-state index contributed by atoms with van der Waals surface area (Å²) >= 11 is 0. The molecule has 0 bridgehead atoms. The number of rotatable bonds is 13. The van der Waals surface area contributed by atoms with Gasteiger partial charge in [0, 0.05) is 25.0 Å². The molecule has 3 aromatic carbocycles. The summed E-state index contributed by atoms with van der Waals surface area (Å²) in [7, 11) is 0. The van der Waals surface area contributed by atoms with Crippen molar-refractivity contribution in [2.75, 3.05) is 19.6 Å². The van der Waals surface area contributed by atoms with E-state index in [1.54, 1.807) is 0 Å². The predicted octanol–water partition coefficient (Wildman–Crippen LogP) is 10.0. The average molecular weight is 656 g/mol. The lowest BCUT2D eigenvalue weighted by molar-refractivity contribution is 0.296. The molecule has 5 rings (SSSR count). The molecule has 1 aliphatic rings. The third-order valence-electron chi connectivity index (χ3n) is 9.61. The fourth-order valence-electron chi connectivity index (χ4n) is 6.47. The van der Waals surface area contributed by atoms with Gasteiger partial charge in [-0.3, -0.25) is 4.90 Å². The van der Waals surface area contributed by atoms with Crippen LogP contribution in [0.25, 0.3) is 11.0 Å². The first-order valence-electron chi connectivity index (χ1n) is 18.1. The van der Waals surface area contributed by atoms with E-state index in [-0.39, 0.29) is 10.8 Å². The summed E-state index contributed by atoms with van der Waals surface area (Å²) in [6.07, 6.45) is 12.2. The van der Waals surface area contributed by atoms with Crippen LogP contribution in [0.2, 0.25) is 0 Å². The predicted molar refractivity (Wildman–Crippen MR) is 209 cm³/mol. The highest BCUT2D eigenvalue weighted by atomic mass is 15.3. The van der Waals surface area contributed by atoms with Crippen molar-refractivity contribution in [1.82, 2.24) is 19.4 Å². The highest BCUT2D eigenvalue weighted by Gasteiger charge is 2.20. The number of hydrogen-bond donors (Lipinski definition) is 0. The van der Waals surface area contributed by atoms with Gasteiger partial charge in [-0.05, 0) is 89.6 Å². The van der Waals surface area contributed by atoms with Gasteiger partial charge >= 0.3 is 0 Å². The largest absolute Gasteiger partial charge is 0.329 e. The Morgan fingerprint density at radius 1 is 0.714 bits per heavy atom. The number of aryl methyl sites for hydroxylation is 3. The van der Waals surface area contributed by atoms with Crippen molar-refractivity contribution < 1.29 is 0 Å². The van der Waals surface area contributed by atoms with Gasteiger partial charge in [0.25, 0.3) is 0 Å². The van der Waals surface area contributed by atoms with E-state index >= 15 is 0 Å². The van der Waals surface area contributed by atoms with Gasteiger partial charge in [-0.25, -0.2) is 9.98 Å². The van der Waals surface area contributed by atoms with E-state index in [4.69, 9.17) is 9.98 Å². The molecule has 0 saturated carbocycles.